The third-order valence-electron chi connectivity index (χ3n) is 3.95. The number of aryl methyl sites for hydroxylation is 1. The molecule has 1 saturated carbocycles. The molecular formula is C16H19N3OS. The monoisotopic (exact) mass is 301 g/mol. The number of hydrogen-bond donors (Lipinski definition) is 0. The Balaban J connectivity index is 1.84. The molecule has 1 aromatic heterocycles. The van der Waals surface area contributed by atoms with E-state index in [1.165, 1.54) is 23.3 Å². The first-order valence-electron chi connectivity index (χ1n) is 7.41. The van der Waals surface area contributed by atoms with Crippen LogP contribution in [-0.2, 0) is 4.79 Å². The predicted octanol–water partition coefficient (Wildman–Crippen LogP) is 3.67. The molecule has 0 aliphatic heterocycles. The fourth-order valence-corrected chi connectivity index (χ4v) is 3.39. The fourth-order valence-electron chi connectivity index (χ4n) is 2.48. The molecule has 1 amide bonds. The van der Waals surface area contributed by atoms with Crippen LogP contribution in [0.5, 0.6) is 0 Å². The Morgan fingerprint density at radius 3 is 2.81 bits per heavy atom. The normalized spacial score (nSPS) is 14.8. The van der Waals surface area contributed by atoms with Gasteiger partial charge in [0.1, 0.15) is 5.01 Å². The van der Waals surface area contributed by atoms with Crippen LogP contribution in [0.3, 0.4) is 0 Å². The number of anilines is 1. The van der Waals surface area contributed by atoms with Crippen LogP contribution in [0.2, 0.25) is 0 Å². The van der Waals surface area contributed by atoms with Gasteiger partial charge in [-0.1, -0.05) is 41.5 Å². The predicted molar refractivity (Wildman–Crippen MR) is 85.5 cm³/mol. The van der Waals surface area contributed by atoms with Crippen molar-refractivity contribution in [1.29, 1.82) is 0 Å². The molecule has 2 aromatic rings. The Bertz CT molecular complexity index is 648. The Kier molecular flexibility index (Phi) is 4.01. The molecule has 0 radical (unpaired) electrons. The van der Waals surface area contributed by atoms with Crippen LogP contribution in [0.1, 0.15) is 31.7 Å². The maximum atomic E-state index is 12.4. The van der Waals surface area contributed by atoms with Gasteiger partial charge in [-0.05, 0) is 32.8 Å². The molecule has 0 bridgehead atoms. The van der Waals surface area contributed by atoms with E-state index in [1.54, 1.807) is 4.90 Å². The van der Waals surface area contributed by atoms with Crippen LogP contribution in [0.15, 0.2) is 24.3 Å². The minimum atomic E-state index is 0.191. The Labute approximate surface area is 128 Å². The molecule has 1 heterocycles. The highest BCUT2D eigenvalue weighted by Crippen LogP contribution is 2.33. The number of aromatic nitrogens is 2. The quantitative estimate of drug-likeness (QED) is 0.865. The fraction of sp³-hybridized carbons (Fsp3) is 0.438. The van der Waals surface area contributed by atoms with Gasteiger partial charge in [-0.15, -0.1) is 10.2 Å². The van der Waals surface area contributed by atoms with E-state index in [0.717, 1.165) is 23.4 Å². The van der Waals surface area contributed by atoms with Crippen molar-refractivity contribution in [2.45, 2.75) is 33.1 Å². The molecule has 4 nitrogen and oxygen atoms in total. The second-order valence-corrected chi connectivity index (χ2v) is 6.43. The Hall–Kier alpha value is -1.75. The molecular weight excluding hydrogens is 282 g/mol. The van der Waals surface area contributed by atoms with Crippen molar-refractivity contribution in [3.05, 3.63) is 29.8 Å². The lowest BCUT2D eigenvalue weighted by Crippen LogP contribution is -2.38. The summed E-state index contributed by atoms with van der Waals surface area (Å²) in [5.74, 6) is 0.395. The Morgan fingerprint density at radius 1 is 1.38 bits per heavy atom. The number of rotatable bonds is 4. The maximum absolute atomic E-state index is 12.4. The van der Waals surface area contributed by atoms with Crippen molar-refractivity contribution in [1.82, 2.24) is 10.2 Å². The lowest BCUT2D eigenvalue weighted by molar-refractivity contribution is -0.124. The number of carbonyl (C=O) groups is 1. The minimum absolute atomic E-state index is 0.191. The van der Waals surface area contributed by atoms with Gasteiger partial charge in [0.2, 0.25) is 11.0 Å². The highest BCUT2D eigenvalue weighted by molar-refractivity contribution is 7.18. The number of amides is 1. The van der Waals surface area contributed by atoms with Crippen LogP contribution < -0.4 is 4.90 Å². The number of carbonyl (C=O) groups excluding carboxylic acids is 1. The van der Waals surface area contributed by atoms with Crippen molar-refractivity contribution < 1.29 is 4.79 Å². The van der Waals surface area contributed by atoms with E-state index in [9.17, 15) is 4.79 Å². The molecule has 0 unspecified atom stereocenters. The van der Waals surface area contributed by atoms with Crippen LogP contribution >= 0.6 is 11.3 Å². The van der Waals surface area contributed by atoms with E-state index < -0.39 is 0 Å². The van der Waals surface area contributed by atoms with Crippen molar-refractivity contribution >= 4 is 22.4 Å². The molecule has 1 aliphatic rings. The van der Waals surface area contributed by atoms with Gasteiger partial charge in [0.25, 0.3) is 0 Å². The lowest BCUT2D eigenvalue weighted by atomic mass is 9.84. The first kappa shape index (κ1) is 14.2. The molecule has 0 saturated heterocycles. The summed E-state index contributed by atoms with van der Waals surface area (Å²) in [6.45, 7) is 4.70. The van der Waals surface area contributed by atoms with Crippen molar-refractivity contribution in [2.24, 2.45) is 5.92 Å². The van der Waals surface area contributed by atoms with E-state index in [-0.39, 0.29) is 11.8 Å². The summed E-state index contributed by atoms with van der Waals surface area (Å²) in [6.07, 6.45) is 3.19. The van der Waals surface area contributed by atoms with Gasteiger partial charge in [-0.2, -0.15) is 0 Å². The van der Waals surface area contributed by atoms with Crippen LogP contribution in [0.4, 0.5) is 5.13 Å². The average Bonchev–Trinajstić information content (AvgIpc) is 2.87. The smallest absolute Gasteiger partial charge is 0.231 e. The number of benzene rings is 1. The van der Waals surface area contributed by atoms with E-state index >= 15 is 0 Å². The zero-order valence-corrected chi connectivity index (χ0v) is 13.2. The highest BCUT2D eigenvalue weighted by Gasteiger charge is 2.31. The van der Waals surface area contributed by atoms with Gasteiger partial charge in [-0.25, -0.2) is 0 Å². The van der Waals surface area contributed by atoms with Crippen LogP contribution in [0.25, 0.3) is 10.6 Å². The van der Waals surface area contributed by atoms with Crippen molar-refractivity contribution in [3.8, 4) is 10.6 Å². The van der Waals surface area contributed by atoms with Gasteiger partial charge in [0, 0.05) is 18.0 Å². The summed E-state index contributed by atoms with van der Waals surface area (Å²) in [5.41, 5.74) is 2.26. The second-order valence-electron chi connectivity index (χ2n) is 5.47. The maximum Gasteiger partial charge on any atom is 0.231 e. The van der Waals surface area contributed by atoms with Gasteiger partial charge in [-0.3, -0.25) is 9.69 Å². The van der Waals surface area contributed by atoms with Gasteiger partial charge in [0.15, 0.2) is 0 Å². The summed E-state index contributed by atoms with van der Waals surface area (Å²) in [4.78, 5) is 14.2. The molecule has 1 aliphatic carbocycles. The largest absolute Gasteiger partial charge is 0.287 e. The Morgan fingerprint density at radius 2 is 2.19 bits per heavy atom. The number of nitrogens with zero attached hydrogens (tertiary/aromatic N) is 3. The van der Waals surface area contributed by atoms with E-state index in [4.69, 9.17) is 0 Å². The molecule has 1 fully saturated rings. The molecule has 5 heteroatoms. The van der Waals surface area contributed by atoms with Gasteiger partial charge >= 0.3 is 0 Å². The molecule has 110 valence electrons. The third kappa shape index (κ3) is 2.83. The second kappa shape index (κ2) is 5.93. The summed E-state index contributed by atoms with van der Waals surface area (Å²) in [7, 11) is 0. The molecule has 0 N–H and O–H groups in total. The van der Waals surface area contributed by atoms with Crippen molar-refractivity contribution in [3.63, 3.8) is 0 Å². The third-order valence-corrected chi connectivity index (χ3v) is 4.94. The minimum Gasteiger partial charge on any atom is -0.287 e. The zero-order chi connectivity index (χ0) is 14.8. The zero-order valence-electron chi connectivity index (χ0n) is 12.4. The lowest BCUT2D eigenvalue weighted by Gasteiger charge is -2.29. The van der Waals surface area contributed by atoms with Crippen molar-refractivity contribution in [2.75, 3.05) is 11.4 Å². The SMILES string of the molecule is CCN(C(=O)C1CCC1)c1nnc(-c2cccc(C)c2)s1. The van der Waals surface area contributed by atoms with Crippen LogP contribution in [0, 0.1) is 12.8 Å². The molecule has 1 aromatic carbocycles. The van der Waals surface area contributed by atoms with Crippen LogP contribution in [-0.4, -0.2) is 22.6 Å². The standard InChI is InChI=1S/C16H19N3OS/c1-3-19(15(20)12-7-5-8-12)16-18-17-14(21-16)13-9-4-6-11(2)10-13/h4,6,9-10,12H,3,5,7-8H2,1-2H3. The van der Waals surface area contributed by atoms with Gasteiger partial charge < -0.3 is 0 Å². The molecule has 0 atom stereocenters. The molecule has 0 spiro atoms. The van der Waals surface area contributed by atoms with E-state index in [0.29, 0.717) is 11.7 Å². The first-order valence-corrected chi connectivity index (χ1v) is 8.22. The average molecular weight is 301 g/mol. The number of hydrogen-bond acceptors (Lipinski definition) is 4. The summed E-state index contributed by atoms with van der Waals surface area (Å²) < 4.78 is 0. The van der Waals surface area contributed by atoms with Gasteiger partial charge in [0.05, 0.1) is 0 Å². The van der Waals surface area contributed by atoms with E-state index in [1.807, 2.05) is 19.1 Å². The highest BCUT2D eigenvalue weighted by atomic mass is 32.1. The van der Waals surface area contributed by atoms with E-state index in [2.05, 4.69) is 29.3 Å². The summed E-state index contributed by atoms with van der Waals surface area (Å²) in [5, 5.41) is 10.1. The molecule has 21 heavy (non-hydrogen) atoms. The summed E-state index contributed by atoms with van der Waals surface area (Å²) >= 11 is 1.49. The summed E-state index contributed by atoms with van der Waals surface area (Å²) in [6, 6.07) is 8.20. The topological polar surface area (TPSA) is 46.1 Å². The molecule has 3 rings (SSSR count). The first-order chi connectivity index (χ1) is 10.2.